The molecule has 0 radical (unpaired) electrons. The van der Waals surface area contributed by atoms with Crippen LogP contribution in [0.2, 0.25) is 0 Å². The van der Waals surface area contributed by atoms with Crippen LogP contribution >= 0.6 is 0 Å². The lowest BCUT2D eigenvalue weighted by molar-refractivity contribution is -0.140. The van der Waals surface area contributed by atoms with Crippen LogP contribution in [0.5, 0.6) is 0 Å². The molecule has 15 heavy (non-hydrogen) atoms. The van der Waals surface area contributed by atoms with E-state index in [1.165, 1.54) is 6.08 Å². The van der Waals surface area contributed by atoms with Crippen LogP contribution < -0.4 is 0 Å². The highest BCUT2D eigenvalue weighted by atomic mass is 16.5. The molecule has 1 fully saturated rings. The molecule has 2 atom stereocenters. The van der Waals surface area contributed by atoms with E-state index in [9.17, 15) is 9.90 Å². The largest absolute Gasteiger partial charge is 0.458 e. The van der Waals surface area contributed by atoms with Crippen LogP contribution in [-0.2, 0) is 9.53 Å². The van der Waals surface area contributed by atoms with Crippen molar-refractivity contribution in [3.8, 4) is 0 Å². The molecule has 0 aliphatic carbocycles. The van der Waals surface area contributed by atoms with Gasteiger partial charge in [0.05, 0.1) is 5.60 Å². The molecule has 0 aromatic carbocycles. The number of carbonyl (C=O) groups excluding carboxylic acids is 1. The number of hydrogen-bond donors (Lipinski definition) is 1. The van der Waals surface area contributed by atoms with Crippen LogP contribution in [-0.4, -0.2) is 22.8 Å². The van der Waals surface area contributed by atoms with Gasteiger partial charge in [0.25, 0.3) is 0 Å². The first kappa shape index (κ1) is 12.0. The first-order valence-electron chi connectivity index (χ1n) is 5.17. The Hall–Kier alpha value is -1.09. The normalized spacial score (nSPS) is 25.9. The Morgan fingerprint density at radius 2 is 2.47 bits per heavy atom. The van der Waals surface area contributed by atoms with Crippen molar-refractivity contribution in [1.82, 2.24) is 0 Å². The molecule has 3 heteroatoms. The zero-order chi connectivity index (χ0) is 11.5. The molecule has 1 aliphatic rings. The lowest BCUT2D eigenvalue weighted by atomic mass is 9.99. The quantitative estimate of drug-likeness (QED) is 0.570. The molecule has 84 valence electrons. The Bertz CT molecular complexity index is 289. The number of aliphatic hydroxyl groups is 1. The van der Waals surface area contributed by atoms with Gasteiger partial charge in [-0.2, -0.15) is 0 Å². The SMILES string of the molecule is C=C[C@@](C)(O)C/C=C(\C)[C@H]1CCC(=O)O1. The summed E-state index contributed by atoms with van der Waals surface area (Å²) in [5, 5.41) is 9.70. The van der Waals surface area contributed by atoms with Gasteiger partial charge >= 0.3 is 5.97 Å². The minimum atomic E-state index is -0.885. The highest BCUT2D eigenvalue weighted by Gasteiger charge is 2.24. The van der Waals surface area contributed by atoms with E-state index in [4.69, 9.17) is 4.74 Å². The van der Waals surface area contributed by atoms with Gasteiger partial charge in [0.1, 0.15) is 6.10 Å². The molecule has 0 amide bonds. The van der Waals surface area contributed by atoms with Gasteiger partial charge < -0.3 is 9.84 Å². The van der Waals surface area contributed by atoms with Gasteiger partial charge in [-0.25, -0.2) is 0 Å². The van der Waals surface area contributed by atoms with Gasteiger partial charge in [-0.3, -0.25) is 4.79 Å². The summed E-state index contributed by atoms with van der Waals surface area (Å²) in [5.41, 5.74) is 0.118. The minimum absolute atomic E-state index is 0.0990. The fourth-order valence-electron chi connectivity index (χ4n) is 1.43. The molecule has 0 saturated carbocycles. The molecule has 0 spiro atoms. The average Bonchev–Trinajstić information content (AvgIpc) is 2.61. The Morgan fingerprint density at radius 1 is 1.80 bits per heavy atom. The van der Waals surface area contributed by atoms with Crippen molar-refractivity contribution in [2.45, 2.75) is 44.8 Å². The Kier molecular flexibility index (Phi) is 3.69. The van der Waals surface area contributed by atoms with Crippen molar-refractivity contribution in [3.05, 3.63) is 24.3 Å². The number of carbonyl (C=O) groups is 1. The zero-order valence-corrected chi connectivity index (χ0v) is 9.32. The maximum absolute atomic E-state index is 10.9. The summed E-state index contributed by atoms with van der Waals surface area (Å²) in [5.74, 6) is -0.136. The predicted octanol–water partition coefficient (Wildman–Crippen LogP) is 1.97. The third-order valence-corrected chi connectivity index (χ3v) is 2.67. The maximum Gasteiger partial charge on any atom is 0.306 e. The molecular weight excluding hydrogens is 192 g/mol. The summed E-state index contributed by atoms with van der Waals surface area (Å²) in [4.78, 5) is 10.9. The lowest BCUT2D eigenvalue weighted by Crippen LogP contribution is -2.19. The van der Waals surface area contributed by atoms with Crippen molar-refractivity contribution in [2.24, 2.45) is 0 Å². The van der Waals surface area contributed by atoms with Gasteiger partial charge in [0, 0.05) is 6.42 Å². The van der Waals surface area contributed by atoms with Crippen molar-refractivity contribution >= 4 is 5.97 Å². The van der Waals surface area contributed by atoms with E-state index in [0.29, 0.717) is 12.8 Å². The molecular formula is C12H18O3. The Morgan fingerprint density at radius 3 is 2.93 bits per heavy atom. The van der Waals surface area contributed by atoms with Crippen molar-refractivity contribution in [1.29, 1.82) is 0 Å². The highest BCUT2D eigenvalue weighted by Crippen LogP contribution is 2.22. The molecule has 0 aromatic heterocycles. The van der Waals surface area contributed by atoms with E-state index in [0.717, 1.165) is 12.0 Å². The summed E-state index contributed by atoms with van der Waals surface area (Å²) in [6.07, 6.45) is 5.06. The van der Waals surface area contributed by atoms with E-state index in [-0.39, 0.29) is 12.1 Å². The molecule has 0 unspecified atom stereocenters. The average molecular weight is 210 g/mol. The van der Waals surface area contributed by atoms with Gasteiger partial charge in [0.15, 0.2) is 0 Å². The predicted molar refractivity (Wildman–Crippen MR) is 58.3 cm³/mol. The minimum Gasteiger partial charge on any atom is -0.458 e. The fraction of sp³-hybridized carbons (Fsp3) is 0.583. The molecule has 1 rings (SSSR count). The van der Waals surface area contributed by atoms with Crippen LogP contribution in [0, 0.1) is 0 Å². The Balaban J connectivity index is 2.53. The van der Waals surface area contributed by atoms with E-state index in [1.54, 1.807) is 6.92 Å². The number of cyclic esters (lactones) is 1. The first-order valence-corrected chi connectivity index (χ1v) is 5.17. The zero-order valence-electron chi connectivity index (χ0n) is 9.32. The second-order valence-corrected chi connectivity index (χ2v) is 4.23. The monoisotopic (exact) mass is 210 g/mol. The van der Waals surface area contributed by atoms with E-state index < -0.39 is 5.60 Å². The van der Waals surface area contributed by atoms with E-state index >= 15 is 0 Å². The van der Waals surface area contributed by atoms with Crippen molar-refractivity contribution in [3.63, 3.8) is 0 Å². The van der Waals surface area contributed by atoms with Crippen LogP contribution in [0.1, 0.15) is 33.1 Å². The molecule has 0 bridgehead atoms. The van der Waals surface area contributed by atoms with Crippen molar-refractivity contribution in [2.75, 3.05) is 0 Å². The summed E-state index contributed by atoms with van der Waals surface area (Å²) < 4.78 is 5.11. The standard InChI is InChI=1S/C12H18O3/c1-4-12(3,14)8-7-9(2)10-5-6-11(13)15-10/h4,7,10,14H,1,5-6,8H2,2-3H3/b9-7+/t10-,12-/m1/s1. The Labute approximate surface area is 90.4 Å². The summed E-state index contributed by atoms with van der Waals surface area (Å²) in [6, 6.07) is 0. The first-order chi connectivity index (χ1) is 6.94. The molecule has 1 saturated heterocycles. The topological polar surface area (TPSA) is 46.5 Å². The van der Waals surface area contributed by atoms with Crippen LogP contribution in [0.4, 0.5) is 0 Å². The second kappa shape index (κ2) is 4.62. The van der Waals surface area contributed by atoms with Gasteiger partial charge in [-0.1, -0.05) is 12.2 Å². The fourth-order valence-corrected chi connectivity index (χ4v) is 1.43. The van der Waals surface area contributed by atoms with Crippen molar-refractivity contribution < 1.29 is 14.6 Å². The number of esters is 1. The second-order valence-electron chi connectivity index (χ2n) is 4.23. The number of hydrogen-bond acceptors (Lipinski definition) is 3. The lowest BCUT2D eigenvalue weighted by Gasteiger charge is -2.17. The molecule has 1 aliphatic heterocycles. The summed E-state index contributed by atoms with van der Waals surface area (Å²) in [7, 11) is 0. The third-order valence-electron chi connectivity index (χ3n) is 2.67. The molecule has 3 nitrogen and oxygen atoms in total. The van der Waals surface area contributed by atoms with Gasteiger partial charge in [-0.15, -0.1) is 6.58 Å². The van der Waals surface area contributed by atoms with Gasteiger partial charge in [-0.05, 0) is 32.3 Å². The van der Waals surface area contributed by atoms with Gasteiger partial charge in [0.2, 0.25) is 0 Å². The molecule has 1 N–H and O–H groups in total. The smallest absolute Gasteiger partial charge is 0.306 e. The molecule has 1 heterocycles. The molecule has 0 aromatic rings. The maximum atomic E-state index is 10.9. The highest BCUT2D eigenvalue weighted by molar-refractivity contribution is 5.72. The van der Waals surface area contributed by atoms with E-state index in [1.807, 2.05) is 13.0 Å². The van der Waals surface area contributed by atoms with Crippen LogP contribution in [0.3, 0.4) is 0 Å². The number of rotatable bonds is 4. The summed E-state index contributed by atoms with van der Waals surface area (Å²) in [6.45, 7) is 7.17. The van der Waals surface area contributed by atoms with E-state index in [2.05, 4.69) is 6.58 Å². The number of ether oxygens (including phenoxy) is 1. The van der Waals surface area contributed by atoms with Crippen LogP contribution in [0.25, 0.3) is 0 Å². The third kappa shape index (κ3) is 3.51. The van der Waals surface area contributed by atoms with Crippen LogP contribution in [0.15, 0.2) is 24.3 Å². The summed E-state index contributed by atoms with van der Waals surface area (Å²) >= 11 is 0.